The number of nitrogens with zero attached hydrogens (tertiary/aromatic N) is 1. The van der Waals surface area contributed by atoms with E-state index in [1.165, 1.54) is 64.0 Å². The van der Waals surface area contributed by atoms with Crippen molar-refractivity contribution in [3.63, 3.8) is 0 Å². The molecular formula is C44H29NS. The van der Waals surface area contributed by atoms with Gasteiger partial charge in [0.05, 0.1) is 0 Å². The zero-order valence-corrected chi connectivity index (χ0v) is 25.9. The summed E-state index contributed by atoms with van der Waals surface area (Å²) in [6.07, 6.45) is 0. The largest absolute Gasteiger partial charge is 0.310 e. The van der Waals surface area contributed by atoms with E-state index in [4.69, 9.17) is 0 Å². The third-order valence-corrected chi connectivity index (χ3v) is 10.2. The van der Waals surface area contributed by atoms with Gasteiger partial charge in [0.2, 0.25) is 0 Å². The molecule has 9 rings (SSSR count). The van der Waals surface area contributed by atoms with Crippen molar-refractivity contribution in [2.24, 2.45) is 0 Å². The third kappa shape index (κ3) is 4.54. The highest BCUT2D eigenvalue weighted by Gasteiger charge is 2.17. The van der Waals surface area contributed by atoms with Crippen LogP contribution in [0, 0.1) is 0 Å². The van der Waals surface area contributed by atoms with Crippen LogP contribution in [0.5, 0.6) is 0 Å². The molecule has 9 aromatic rings. The van der Waals surface area contributed by atoms with E-state index in [1.807, 2.05) is 11.3 Å². The van der Waals surface area contributed by atoms with Gasteiger partial charge in [0.1, 0.15) is 0 Å². The van der Waals surface area contributed by atoms with Crippen molar-refractivity contribution in [1.82, 2.24) is 0 Å². The van der Waals surface area contributed by atoms with Crippen molar-refractivity contribution in [2.75, 3.05) is 4.90 Å². The van der Waals surface area contributed by atoms with E-state index in [0.29, 0.717) is 0 Å². The number of benzene rings is 8. The molecule has 1 aromatic heterocycles. The SMILES string of the molecule is c1ccc(-c2ccc(N(c3cccc(-c4cc5ccccc5c5ccccc45)c3)c3ccc4c(c3)sc3ccccc34)cc2)cc1. The molecule has 0 saturated heterocycles. The van der Waals surface area contributed by atoms with E-state index in [0.717, 1.165) is 17.1 Å². The molecule has 0 amide bonds. The molecule has 8 aromatic carbocycles. The Labute approximate surface area is 272 Å². The van der Waals surface area contributed by atoms with Gasteiger partial charge in [0, 0.05) is 37.2 Å². The Kier molecular flexibility index (Phi) is 6.40. The molecular weight excluding hydrogens is 575 g/mol. The van der Waals surface area contributed by atoms with Crippen LogP contribution in [0.3, 0.4) is 0 Å². The van der Waals surface area contributed by atoms with Gasteiger partial charge in [-0.25, -0.2) is 0 Å². The summed E-state index contributed by atoms with van der Waals surface area (Å²) in [5.74, 6) is 0. The minimum absolute atomic E-state index is 1.13. The fourth-order valence-corrected chi connectivity index (χ4v) is 7.98. The zero-order chi connectivity index (χ0) is 30.5. The van der Waals surface area contributed by atoms with E-state index in [2.05, 4.69) is 181 Å². The molecule has 1 nitrogen and oxygen atoms in total. The standard InChI is InChI=1S/C44H29NS/c1-2-11-30(12-3-1)31-21-23-34(24-22-31)45(36-25-26-41-40-19-8-9-20-43(40)46-44(41)29-36)35-15-10-14-32(27-35)42-28-33-13-4-5-16-37(33)38-17-6-7-18-39(38)42/h1-29H. The first-order valence-electron chi connectivity index (χ1n) is 15.7. The smallest absolute Gasteiger partial charge is 0.0476 e. The lowest BCUT2D eigenvalue weighted by molar-refractivity contribution is 1.29. The van der Waals surface area contributed by atoms with Gasteiger partial charge in [-0.2, -0.15) is 0 Å². The Morgan fingerprint density at radius 3 is 1.78 bits per heavy atom. The first-order chi connectivity index (χ1) is 22.8. The van der Waals surface area contributed by atoms with Crippen molar-refractivity contribution in [1.29, 1.82) is 0 Å². The predicted molar refractivity (Wildman–Crippen MR) is 200 cm³/mol. The second-order valence-electron chi connectivity index (χ2n) is 11.8. The number of rotatable bonds is 5. The quantitative estimate of drug-likeness (QED) is 0.177. The van der Waals surface area contributed by atoms with Crippen LogP contribution in [0.4, 0.5) is 17.1 Å². The van der Waals surface area contributed by atoms with E-state index < -0.39 is 0 Å². The number of hydrogen-bond acceptors (Lipinski definition) is 2. The van der Waals surface area contributed by atoms with Crippen LogP contribution in [-0.2, 0) is 0 Å². The first-order valence-corrected chi connectivity index (χ1v) is 16.5. The number of hydrogen-bond donors (Lipinski definition) is 0. The molecule has 46 heavy (non-hydrogen) atoms. The zero-order valence-electron chi connectivity index (χ0n) is 25.1. The molecule has 1 heterocycles. The number of anilines is 3. The lowest BCUT2D eigenvalue weighted by atomic mass is 9.93. The third-order valence-electron chi connectivity index (χ3n) is 9.04. The molecule has 216 valence electrons. The molecule has 0 saturated carbocycles. The molecule has 0 unspecified atom stereocenters. The minimum atomic E-state index is 1.13. The summed E-state index contributed by atoms with van der Waals surface area (Å²) < 4.78 is 2.61. The molecule has 0 aliphatic rings. The van der Waals surface area contributed by atoms with E-state index in [9.17, 15) is 0 Å². The van der Waals surface area contributed by atoms with Crippen molar-refractivity contribution < 1.29 is 0 Å². The van der Waals surface area contributed by atoms with Crippen LogP contribution >= 0.6 is 11.3 Å². The van der Waals surface area contributed by atoms with Crippen molar-refractivity contribution in [3.8, 4) is 22.3 Å². The van der Waals surface area contributed by atoms with E-state index >= 15 is 0 Å². The summed E-state index contributed by atoms with van der Waals surface area (Å²) in [4.78, 5) is 2.39. The van der Waals surface area contributed by atoms with Crippen molar-refractivity contribution in [2.45, 2.75) is 0 Å². The van der Waals surface area contributed by atoms with Crippen molar-refractivity contribution >= 4 is 70.1 Å². The Morgan fingerprint density at radius 1 is 0.326 bits per heavy atom. The summed E-state index contributed by atoms with van der Waals surface area (Å²) in [5.41, 5.74) is 8.28. The highest BCUT2D eigenvalue weighted by molar-refractivity contribution is 7.25. The molecule has 0 fully saturated rings. The van der Waals surface area contributed by atoms with Crippen molar-refractivity contribution in [3.05, 3.63) is 176 Å². The van der Waals surface area contributed by atoms with Gasteiger partial charge >= 0.3 is 0 Å². The molecule has 0 bridgehead atoms. The summed E-state index contributed by atoms with van der Waals surface area (Å²) in [7, 11) is 0. The summed E-state index contributed by atoms with van der Waals surface area (Å²) in [5, 5.41) is 7.71. The van der Waals surface area contributed by atoms with E-state index in [1.54, 1.807) is 0 Å². The fraction of sp³-hybridized carbons (Fsp3) is 0. The van der Waals surface area contributed by atoms with Gasteiger partial charge in [0.15, 0.2) is 0 Å². The van der Waals surface area contributed by atoms with Crippen LogP contribution in [0.25, 0.3) is 64.0 Å². The van der Waals surface area contributed by atoms with Crippen LogP contribution in [0.1, 0.15) is 0 Å². The van der Waals surface area contributed by atoms with Crippen LogP contribution in [0.2, 0.25) is 0 Å². The highest BCUT2D eigenvalue weighted by atomic mass is 32.1. The van der Waals surface area contributed by atoms with Crippen LogP contribution in [0.15, 0.2) is 176 Å². The topological polar surface area (TPSA) is 3.24 Å². The van der Waals surface area contributed by atoms with Crippen LogP contribution < -0.4 is 4.90 Å². The van der Waals surface area contributed by atoms with Crippen LogP contribution in [-0.4, -0.2) is 0 Å². The maximum atomic E-state index is 2.39. The lowest BCUT2D eigenvalue weighted by Gasteiger charge is -2.26. The second kappa shape index (κ2) is 11.0. The molecule has 0 aliphatic heterocycles. The van der Waals surface area contributed by atoms with Gasteiger partial charge in [-0.3, -0.25) is 0 Å². The first kappa shape index (κ1) is 26.7. The Hall–Kier alpha value is -5.70. The van der Waals surface area contributed by atoms with Gasteiger partial charge < -0.3 is 4.90 Å². The second-order valence-corrected chi connectivity index (χ2v) is 12.9. The maximum absolute atomic E-state index is 2.39. The molecule has 0 atom stereocenters. The van der Waals surface area contributed by atoms with Gasteiger partial charge in [-0.05, 0) is 92.3 Å². The summed E-state index contributed by atoms with van der Waals surface area (Å²) in [6, 6.07) is 64.0. The Bertz CT molecular complexity index is 2530. The van der Waals surface area contributed by atoms with Gasteiger partial charge in [0.25, 0.3) is 0 Å². The fourth-order valence-electron chi connectivity index (χ4n) is 6.84. The summed E-state index contributed by atoms with van der Waals surface area (Å²) >= 11 is 1.86. The average molecular weight is 604 g/mol. The molecule has 2 heteroatoms. The average Bonchev–Trinajstić information content (AvgIpc) is 3.50. The van der Waals surface area contributed by atoms with Gasteiger partial charge in [-0.1, -0.05) is 127 Å². The number of thiophene rings is 1. The normalized spacial score (nSPS) is 11.5. The summed E-state index contributed by atoms with van der Waals surface area (Å²) in [6.45, 7) is 0. The van der Waals surface area contributed by atoms with E-state index in [-0.39, 0.29) is 0 Å². The minimum Gasteiger partial charge on any atom is -0.310 e. The molecule has 0 spiro atoms. The lowest BCUT2D eigenvalue weighted by Crippen LogP contribution is -2.10. The van der Waals surface area contributed by atoms with Gasteiger partial charge in [-0.15, -0.1) is 11.3 Å². The monoisotopic (exact) mass is 603 g/mol. The maximum Gasteiger partial charge on any atom is 0.0476 e. The number of fused-ring (bicyclic) bond motifs is 6. The molecule has 0 N–H and O–H groups in total. The Morgan fingerprint density at radius 2 is 0.935 bits per heavy atom. The molecule has 0 radical (unpaired) electrons. The Balaban J connectivity index is 1.23. The predicted octanol–water partition coefficient (Wildman–Crippen LogP) is 13.2. The molecule has 0 aliphatic carbocycles. The highest BCUT2D eigenvalue weighted by Crippen LogP contribution is 2.43.